The lowest BCUT2D eigenvalue weighted by Crippen LogP contribution is -2.17. The van der Waals surface area contributed by atoms with Crippen LogP contribution in [0.15, 0.2) is 46.9 Å². The molecule has 2 nitrogen and oxygen atoms in total. The number of aryl methyl sites for hydroxylation is 1. The van der Waals surface area contributed by atoms with Crippen LogP contribution >= 0.6 is 15.9 Å². The SMILES string of the molecule is Cc1cc(CC(C)N)ccc1Oc1cccc(Br)c1. The summed E-state index contributed by atoms with van der Waals surface area (Å²) < 4.78 is 6.90. The first kappa shape index (κ1) is 14.1. The van der Waals surface area contributed by atoms with Crippen LogP contribution in [0.25, 0.3) is 0 Å². The third-order valence-electron chi connectivity index (χ3n) is 2.82. The van der Waals surface area contributed by atoms with Crippen LogP contribution < -0.4 is 10.5 Å². The normalized spacial score (nSPS) is 12.2. The van der Waals surface area contributed by atoms with Crippen LogP contribution in [0.4, 0.5) is 0 Å². The molecule has 2 N–H and O–H groups in total. The van der Waals surface area contributed by atoms with Crippen LogP contribution in [-0.2, 0) is 6.42 Å². The molecule has 0 saturated heterocycles. The molecule has 1 unspecified atom stereocenters. The molecule has 19 heavy (non-hydrogen) atoms. The summed E-state index contributed by atoms with van der Waals surface area (Å²) in [5.41, 5.74) is 8.18. The Labute approximate surface area is 122 Å². The number of ether oxygens (including phenoxy) is 1. The minimum Gasteiger partial charge on any atom is -0.457 e. The van der Waals surface area contributed by atoms with Gasteiger partial charge in [0.05, 0.1) is 0 Å². The zero-order chi connectivity index (χ0) is 13.8. The molecule has 100 valence electrons. The predicted molar refractivity (Wildman–Crippen MR) is 82.7 cm³/mol. The van der Waals surface area contributed by atoms with E-state index in [1.807, 2.05) is 37.3 Å². The van der Waals surface area contributed by atoms with Crippen molar-refractivity contribution in [2.75, 3.05) is 0 Å². The van der Waals surface area contributed by atoms with Crippen molar-refractivity contribution < 1.29 is 4.74 Å². The maximum Gasteiger partial charge on any atom is 0.130 e. The molecule has 2 aromatic rings. The van der Waals surface area contributed by atoms with E-state index in [1.54, 1.807) is 0 Å². The van der Waals surface area contributed by atoms with Crippen molar-refractivity contribution in [2.45, 2.75) is 26.3 Å². The third-order valence-corrected chi connectivity index (χ3v) is 3.31. The Kier molecular flexibility index (Phi) is 4.61. The molecule has 0 spiro atoms. The van der Waals surface area contributed by atoms with Crippen LogP contribution in [0, 0.1) is 6.92 Å². The van der Waals surface area contributed by atoms with Crippen LogP contribution in [0.1, 0.15) is 18.1 Å². The fourth-order valence-corrected chi connectivity index (χ4v) is 2.36. The van der Waals surface area contributed by atoms with Gasteiger partial charge in [-0.3, -0.25) is 0 Å². The van der Waals surface area contributed by atoms with Gasteiger partial charge in [0.15, 0.2) is 0 Å². The summed E-state index contributed by atoms with van der Waals surface area (Å²) in [5, 5.41) is 0. The molecule has 0 aliphatic carbocycles. The Morgan fingerprint density at radius 1 is 1.21 bits per heavy atom. The van der Waals surface area contributed by atoms with E-state index in [2.05, 4.69) is 35.0 Å². The third kappa shape index (κ3) is 4.08. The van der Waals surface area contributed by atoms with Crippen molar-refractivity contribution in [1.29, 1.82) is 0 Å². The second kappa shape index (κ2) is 6.22. The van der Waals surface area contributed by atoms with Crippen molar-refractivity contribution in [1.82, 2.24) is 0 Å². The first-order valence-corrected chi connectivity index (χ1v) is 7.12. The fraction of sp³-hybridized carbons (Fsp3) is 0.250. The zero-order valence-electron chi connectivity index (χ0n) is 11.2. The van der Waals surface area contributed by atoms with Crippen molar-refractivity contribution >= 4 is 15.9 Å². The minimum atomic E-state index is 0.177. The average molecular weight is 320 g/mol. The van der Waals surface area contributed by atoms with Crippen LogP contribution in [0.3, 0.4) is 0 Å². The highest BCUT2D eigenvalue weighted by molar-refractivity contribution is 9.10. The second-order valence-electron chi connectivity index (χ2n) is 4.84. The van der Waals surface area contributed by atoms with E-state index in [0.29, 0.717) is 0 Å². The Morgan fingerprint density at radius 3 is 2.63 bits per heavy atom. The van der Waals surface area contributed by atoms with Gasteiger partial charge in [-0.25, -0.2) is 0 Å². The second-order valence-corrected chi connectivity index (χ2v) is 5.76. The number of hydrogen-bond donors (Lipinski definition) is 1. The van der Waals surface area contributed by atoms with Crippen LogP contribution in [-0.4, -0.2) is 6.04 Å². The lowest BCUT2D eigenvalue weighted by molar-refractivity contribution is 0.478. The monoisotopic (exact) mass is 319 g/mol. The largest absolute Gasteiger partial charge is 0.457 e. The quantitative estimate of drug-likeness (QED) is 0.904. The van der Waals surface area contributed by atoms with Gasteiger partial charge in [-0.1, -0.05) is 34.1 Å². The maximum absolute atomic E-state index is 5.89. The van der Waals surface area contributed by atoms with E-state index in [-0.39, 0.29) is 6.04 Å². The Morgan fingerprint density at radius 2 is 2.00 bits per heavy atom. The lowest BCUT2D eigenvalue weighted by atomic mass is 10.0. The average Bonchev–Trinajstić information content (AvgIpc) is 2.32. The zero-order valence-corrected chi connectivity index (χ0v) is 12.8. The van der Waals surface area contributed by atoms with Crippen LogP contribution in [0.2, 0.25) is 0 Å². The molecule has 2 aromatic carbocycles. The van der Waals surface area contributed by atoms with E-state index in [0.717, 1.165) is 28.0 Å². The molecule has 1 atom stereocenters. The topological polar surface area (TPSA) is 35.2 Å². The number of nitrogens with two attached hydrogens (primary N) is 1. The molecule has 0 aliphatic heterocycles. The summed E-state index contributed by atoms with van der Waals surface area (Å²) in [6, 6.07) is 14.2. The van der Waals surface area contributed by atoms with Crippen molar-refractivity contribution in [2.24, 2.45) is 5.73 Å². The summed E-state index contributed by atoms with van der Waals surface area (Å²) in [4.78, 5) is 0. The first-order chi connectivity index (χ1) is 9.04. The summed E-state index contributed by atoms with van der Waals surface area (Å²) in [7, 11) is 0. The highest BCUT2D eigenvalue weighted by Gasteiger charge is 2.05. The highest BCUT2D eigenvalue weighted by Crippen LogP contribution is 2.27. The molecule has 2 rings (SSSR count). The van der Waals surface area contributed by atoms with E-state index in [9.17, 15) is 0 Å². The maximum atomic E-state index is 5.89. The predicted octanol–water partition coefficient (Wildman–Crippen LogP) is 4.44. The highest BCUT2D eigenvalue weighted by atomic mass is 79.9. The minimum absolute atomic E-state index is 0.177. The molecular formula is C16H18BrNO. The van der Waals surface area contributed by atoms with Crippen molar-refractivity contribution in [3.63, 3.8) is 0 Å². The summed E-state index contributed by atoms with van der Waals surface area (Å²) in [6.45, 7) is 4.07. The Bertz CT molecular complexity index is 566. The molecule has 0 heterocycles. The molecule has 0 aliphatic rings. The van der Waals surface area contributed by atoms with Gasteiger partial charge >= 0.3 is 0 Å². The smallest absolute Gasteiger partial charge is 0.130 e. The molecule has 0 aromatic heterocycles. The molecule has 0 radical (unpaired) electrons. The number of hydrogen-bond acceptors (Lipinski definition) is 2. The Balaban J connectivity index is 2.17. The van der Waals surface area contributed by atoms with Gasteiger partial charge in [0.2, 0.25) is 0 Å². The van der Waals surface area contributed by atoms with Gasteiger partial charge in [-0.05, 0) is 55.7 Å². The molecule has 3 heteroatoms. The van der Waals surface area contributed by atoms with E-state index in [1.165, 1.54) is 5.56 Å². The van der Waals surface area contributed by atoms with Gasteiger partial charge in [-0.15, -0.1) is 0 Å². The van der Waals surface area contributed by atoms with Gasteiger partial charge in [0.25, 0.3) is 0 Å². The van der Waals surface area contributed by atoms with E-state index >= 15 is 0 Å². The lowest BCUT2D eigenvalue weighted by Gasteiger charge is -2.11. The van der Waals surface area contributed by atoms with E-state index in [4.69, 9.17) is 10.5 Å². The van der Waals surface area contributed by atoms with E-state index < -0.39 is 0 Å². The standard InChI is InChI=1S/C16H18BrNO/c1-11-8-13(9-12(2)18)6-7-16(11)19-15-5-3-4-14(17)10-15/h3-8,10,12H,9,18H2,1-2H3. The van der Waals surface area contributed by atoms with Gasteiger partial charge < -0.3 is 10.5 Å². The van der Waals surface area contributed by atoms with Gasteiger partial charge in [0.1, 0.15) is 11.5 Å². The molecular weight excluding hydrogens is 302 g/mol. The molecule has 0 saturated carbocycles. The number of benzene rings is 2. The molecule has 0 fully saturated rings. The number of rotatable bonds is 4. The van der Waals surface area contributed by atoms with Gasteiger partial charge in [0, 0.05) is 10.5 Å². The van der Waals surface area contributed by atoms with Crippen LogP contribution in [0.5, 0.6) is 11.5 Å². The van der Waals surface area contributed by atoms with Crippen molar-refractivity contribution in [3.05, 3.63) is 58.1 Å². The molecule has 0 amide bonds. The summed E-state index contributed by atoms with van der Waals surface area (Å²) in [5.74, 6) is 1.71. The van der Waals surface area contributed by atoms with Crippen molar-refractivity contribution in [3.8, 4) is 11.5 Å². The molecule has 0 bridgehead atoms. The fourth-order valence-electron chi connectivity index (χ4n) is 1.98. The first-order valence-electron chi connectivity index (χ1n) is 6.33. The number of halogens is 1. The Hall–Kier alpha value is -1.32. The van der Waals surface area contributed by atoms with Gasteiger partial charge in [-0.2, -0.15) is 0 Å². The summed E-state index contributed by atoms with van der Waals surface area (Å²) in [6.07, 6.45) is 0.887. The summed E-state index contributed by atoms with van der Waals surface area (Å²) >= 11 is 3.44.